The number of hydrogen-bond donors (Lipinski definition) is 1. The average molecular weight is 272 g/mol. The first-order valence-electron chi connectivity index (χ1n) is 7.33. The highest BCUT2D eigenvalue weighted by molar-refractivity contribution is 6.05. The largest absolute Gasteiger partial charge is 0.359 e. The molecule has 1 aromatic rings. The van der Waals surface area contributed by atoms with Gasteiger partial charge in [0.15, 0.2) is 0 Å². The van der Waals surface area contributed by atoms with Crippen molar-refractivity contribution in [3.05, 3.63) is 35.4 Å². The number of likely N-dealkylation sites (tertiary alicyclic amines) is 1. The third-order valence-electron chi connectivity index (χ3n) is 3.70. The number of hydrogen-bond acceptors (Lipinski definition) is 2. The summed E-state index contributed by atoms with van der Waals surface area (Å²) in [5, 5.41) is 2.71. The minimum atomic E-state index is 0.685. The maximum atomic E-state index is 10.1. The van der Waals surface area contributed by atoms with Gasteiger partial charge in [0, 0.05) is 13.1 Å². The second-order valence-electron chi connectivity index (χ2n) is 5.12. The summed E-state index contributed by atoms with van der Waals surface area (Å²) in [5.74, 6) is 0.685. The number of rotatable bonds is 6. The fourth-order valence-corrected chi connectivity index (χ4v) is 2.61. The molecule has 2 radical (unpaired) electrons. The van der Waals surface area contributed by atoms with Crippen molar-refractivity contribution in [3.63, 3.8) is 0 Å². The van der Waals surface area contributed by atoms with Crippen LogP contribution in [0.25, 0.3) is 0 Å². The first kappa shape index (κ1) is 16.8. The highest BCUT2D eigenvalue weighted by atomic mass is 16.1. The van der Waals surface area contributed by atoms with Gasteiger partial charge in [0.25, 0.3) is 0 Å². The Morgan fingerprint density at radius 2 is 2.05 bits per heavy atom. The zero-order valence-electron chi connectivity index (χ0n) is 12.6. The van der Waals surface area contributed by atoms with Gasteiger partial charge >= 0.3 is 0 Å². The van der Waals surface area contributed by atoms with Crippen LogP contribution in [0.2, 0.25) is 6.82 Å². The van der Waals surface area contributed by atoms with Crippen molar-refractivity contribution in [2.45, 2.75) is 32.5 Å². The summed E-state index contributed by atoms with van der Waals surface area (Å²) in [4.78, 5) is 12.6. The molecule has 1 saturated heterocycles. The Labute approximate surface area is 124 Å². The second kappa shape index (κ2) is 9.59. The summed E-state index contributed by atoms with van der Waals surface area (Å²) in [6.45, 7) is 7.84. The minimum Gasteiger partial charge on any atom is -0.359 e. The lowest BCUT2D eigenvalue weighted by Crippen LogP contribution is -2.25. The molecule has 0 bridgehead atoms. The molecule has 0 saturated carbocycles. The normalized spacial score (nSPS) is 18.2. The first-order chi connectivity index (χ1) is 9.79. The van der Waals surface area contributed by atoms with Crippen molar-refractivity contribution < 1.29 is 4.79 Å². The predicted octanol–water partition coefficient (Wildman–Crippen LogP) is 2.12. The molecular formula is C16H25BN2O. The maximum absolute atomic E-state index is 10.1. The molecule has 1 aliphatic heterocycles. The summed E-state index contributed by atoms with van der Waals surface area (Å²) in [5.41, 5.74) is 2.79. The molecule has 1 aromatic carbocycles. The molecule has 0 aromatic heterocycles. The molecule has 4 heteroatoms. The Bertz CT molecular complexity index is 381. The topological polar surface area (TPSA) is 32.3 Å². The molecule has 20 heavy (non-hydrogen) atoms. The SMILES string of the molecule is Cc1ccc([C@H]2CCN(CCCNC=O)C2)cc1.[B]C. The summed E-state index contributed by atoms with van der Waals surface area (Å²) in [7, 11) is 4.50. The predicted molar refractivity (Wildman–Crippen MR) is 85.3 cm³/mol. The quantitative estimate of drug-likeness (QED) is 0.489. The van der Waals surface area contributed by atoms with Crippen LogP contribution in [-0.2, 0) is 4.79 Å². The summed E-state index contributed by atoms with van der Waals surface area (Å²) in [6, 6.07) is 8.92. The molecule has 2 rings (SSSR count). The fraction of sp³-hybridized carbons (Fsp3) is 0.562. The number of amides is 1. The van der Waals surface area contributed by atoms with Crippen LogP contribution in [0.5, 0.6) is 0 Å². The van der Waals surface area contributed by atoms with Crippen LogP contribution in [-0.4, -0.2) is 45.3 Å². The summed E-state index contributed by atoms with van der Waals surface area (Å²) < 4.78 is 0. The third kappa shape index (κ3) is 5.37. The lowest BCUT2D eigenvalue weighted by atomic mass is 9.98. The Hall–Kier alpha value is -1.29. The molecule has 1 N–H and O–H groups in total. The van der Waals surface area contributed by atoms with E-state index in [4.69, 9.17) is 0 Å². The van der Waals surface area contributed by atoms with E-state index in [1.807, 2.05) is 0 Å². The molecule has 1 atom stereocenters. The smallest absolute Gasteiger partial charge is 0.207 e. The molecule has 0 aliphatic carbocycles. The highest BCUT2D eigenvalue weighted by Crippen LogP contribution is 2.27. The van der Waals surface area contributed by atoms with Crippen molar-refractivity contribution in [2.24, 2.45) is 0 Å². The summed E-state index contributed by atoms with van der Waals surface area (Å²) >= 11 is 0. The van der Waals surface area contributed by atoms with Gasteiger partial charge in [-0.05, 0) is 44.3 Å². The minimum absolute atomic E-state index is 0.685. The maximum Gasteiger partial charge on any atom is 0.207 e. The molecule has 1 aliphatic rings. The van der Waals surface area contributed by atoms with E-state index >= 15 is 0 Å². The van der Waals surface area contributed by atoms with E-state index in [0.29, 0.717) is 5.92 Å². The fourth-order valence-electron chi connectivity index (χ4n) is 2.61. The van der Waals surface area contributed by atoms with Crippen molar-refractivity contribution in [2.75, 3.05) is 26.2 Å². The van der Waals surface area contributed by atoms with Crippen LogP contribution in [0.15, 0.2) is 24.3 Å². The average Bonchev–Trinajstić information content (AvgIpc) is 2.95. The standard InChI is InChI=1S/C15H22N2O.CH3B/c1-13-3-5-14(6-4-13)15-7-10-17(11-15)9-2-8-16-12-18;1-2/h3-6,12,15H,2,7-11H2,1H3,(H,16,18);1H3/t15-;/m0./s1. The van der Waals surface area contributed by atoms with Crippen LogP contribution in [0, 0.1) is 6.92 Å². The first-order valence-corrected chi connectivity index (χ1v) is 7.33. The number of carbonyl (C=O) groups is 1. The number of benzene rings is 1. The van der Waals surface area contributed by atoms with Crippen molar-refractivity contribution in [1.82, 2.24) is 10.2 Å². The Balaban J connectivity index is 0.000000956. The van der Waals surface area contributed by atoms with Crippen LogP contribution in [0.4, 0.5) is 0 Å². The van der Waals surface area contributed by atoms with E-state index in [1.54, 1.807) is 0 Å². The van der Waals surface area contributed by atoms with Gasteiger partial charge in [0.1, 0.15) is 0 Å². The van der Waals surface area contributed by atoms with Gasteiger partial charge < -0.3 is 10.2 Å². The van der Waals surface area contributed by atoms with Crippen LogP contribution in [0.1, 0.15) is 29.9 Å². The van der Waals surface area contributed by atoms with Gasteiger partial charge in [0.05, 0.1) is 7.85 Å². The van der Waals surface area contributed by atoms with E-state index in [2.05, 4.69) is 49.3 Å². The van der Waals surface area contributed by atoms with E-state index in [1.165, 1.54) is 30.9 Å². The number of aryl methyl sites for hydroxylation is 1. The lowest BCUT2D eigenvalue weighted by molar-refractivity contribution is -0.109. The van der Waals surface area contributed by atoms with Crippen molar-refractivity contribution in [3.8, 4) is 0 Å². The van der Waals surface area contributed by atoms with Gasteiger partial charge in [-0.25, -0.2) is 0 Å². The molecule has 0 spiro atoms. The van der Waals surface area contributed by atoms with Crippen molar-refractivity contribution >= 4 is 14.3 Å². The Kier molecular flexibility index (Phi) is 8.04. The molecule has 0 unspecified atom stereocenters. The zero-order valence-corrected chi connectivity index (χ0v) is 12.6. The molecular weight excluding hydrogens is 247 g/mol. The van der Waals surface area contributed by atoms with E-state index in [9.17, 15) is 4.79 Å². The molecule has 3 nitrogen and oxygen atoms in total. The third-order valence-corrected chi connectivity index (χ3v) is 3.70. The van der Waals surface area contributed by atoms with E-state index in [0.717, 1.165) is 32.5 Å². The highest BCUT2D eigenvalue weighted by Gasteiger charge is 2.22. The van der Waals surface area contributed by atoms with Gasteiger partial charge in [-0.15, -0.1) is 0 Å². The molecule has 108 valence electrons. The van der Waals surface area contributed by atoms with Gasteiger partial charge in [-0.3, -0.25) is 4.79 Å². The Morgan fingerprint density at radius 3 is 2.70 bits per heavy atom. The lowest BCUT2D eigenvalue weighted by Gasteiger charge is -2.16. The van der Waals surface area contributed by atoms with E-state index < -0.39 is 0 Å². The van der Waals surface area contributed by atoms with E-state index in [-0.39, 0.29) is 0 Å². The monoisotopic (exact) mass is 272 g/mol. The molecule has 1 fully saturated rings. The summed E-state index contributed by atoms with van der Waals surface area (Å²) in [6.07, 6.45) is 3.07. The Morgan fingerprint density at radius 1 is 1.35 bits per heavy atom. The van der Waals surface area contributed by atoms with Crippen LogP contribution >= 0.6 is 0 Å². The van der Waals surface area contributed by atoms with Crippen LogP contribution in [0.3, 0.4) is 0 Å². The number of nitrogens with one attached hydrogen (secondary N) is 1. The molecule has 1 heterocycles. The number of carbonyl (C=O) groups excluding carboxylic acids is 1. The van der Waals surface area contributed by atoms with Gasteiger partial charge in [-0.2, -0.15) is 0 Å². The number of nitrogens with zero attached hydrogens (tertiary/aromatic N) is 1. The zero-order chi connectivity index (χ0) is 14.8. The van der Waals surface area contributed by atoms with Crippen molar-refractivity contribution in [1.29, 1.82) is 0 Å². The molecule has 1 amide bonds. The van der Waals surface area contributed by atoms with Crippen LogP contribution < -0.4 is 5.32 Å². The van der Waals surface area contributed by atoms with Gasteiger partial charge in [-0.1, -0.05) is 36.7 Å². The second-order valence-corrected chi connectivity index (χ2v) is 5.12. The van der Waals surface area contributed by atoms with Gasteiger partial charge in [0.2, 0.25) is 6.41 Å².